The zero-order valence-corrected chi connectivity index (χ0v) is 8.52. The molecule has 1 aromatic rings. The first-order chi connectivity index (χ1) is 6.16. The average molecular weight is 200 g/mol. The summed E-state index contributed by atoms with van der Waals surface area (Å²) in [5.74, 6) is 0. The predicted octanol–water partition coefficient (Wildman–Crippen LogP) is 1.48. The molecule has 0 aliphatic heterocycles. The summed E-state index contributed by atoms with van der Waals surface area (Å²) in [6.07, 6.45) is 1.94. The Hall–Kier alpha value is -1.23. The molecule has 1 rings (SSSR count). The van der Waals surface area contributed by atoms with E-state index in [9.17, 15) is 10.1 Å². The van der Waals surface area contributed by atoms with E-state index in [4.69, 9.17) is 0 Å². The molecule has 0 fully saturated rings. The van der Waals surface area contributed by atoms with Crippen LogP contribution in [0, 0.1) is 10.1 Å². The fourth-order valence-corrected chi connectivity index (χ4v) is 2.18. The zero-order chi connectivity index (χ0) is 9.84. The summed E-state index contributed by atoms with van der Waals surface area (Å²) in [4.78, 5) is 11.0. The minimum Gasteiger partial charge on any atom is -0.287 e. The summed E-state index contributed by atoms with van der Waals surface area (Å²) < 4.78 is 4.10. The minimum absolute atomic E-state index is 0.185. The van der Waals surface area contributed by atoms with Gasteiger partial charge in [0.25, 0.3) is 5.69 Å². The Balaban J connectivity index is 3.28. The van der Waals surface area contributed by atoms with Gasteiger partial charge >= 0.3 is 0 Å². The van der Waals surface area contributed by atoms with Crippen molar-refractivity contribution in [2.45, 2.75) is 4.90 Å². The SMILES string of the molecule is C/N=[SH2](\C)c1ccccc1[N+](=O)[O-]. The van der Waals surface area contributed by atoms with Gasteiger partial charge in [0, 0.05) is 13.1 Å². The van der Waals surface area contributed by atoms with E-state index < -0.39 is 10.7 Å². The topological polar surface area (TPSA) is 55.5 Å². The van der Waals surface area contributed by atoms with E-state index in [0.717, 1.165) is 4.90 Å². The molecule has 0 saturated heterocycles. The Morgan fingerprint density at radius 2 is 2.08 bits per heavy atom. The highest BCUT2D eigenvalue weighted by atomic mass is 32.2. The lowest BCUT2D eigenvalue weighted by Gasteiger charge is -2.04. The molecule has 0 aliphatic rings. The Morgan fingerprint density at radius 1 is 1.46 bits per heavy atom. The van der Waals surface area contributed by atoms with Crippen LogP contribution >= 0.6 is 0 Å². The molecule has 0 bridgehead atoms. The molecule has 0 radical (unpaired) electrons. The highest BCUT2D eigenvalue weighted by molar-refractivity contribution is 7.86. The molecule has 1 aromatic carbocycles. The maximum absolute atomic E-state index is 10.6. The summed E-state index contributed by atoms with van der Waals surface area (Å²) >= 11 is 0. The van der Waals surface area contributed by atoms with E-state index >= 15 is 0 Å². The number of rotatable bonds is 2. The molecule has 72 valence electrons. The van der Waals surface area contributed by atoms with Crippen molar-refractivity contribution < 1.29 is 4.92 Å². The lowest BCUT2D eigenvalue weighted by Crippen LogP contribution is -1.96. The summed E-state index contributed by atoms with van der Waals surface area (Å²) in [5, 5.41) is 10.6. The first kappa shape index (κ1) is 9.85. The van der Waals surface area contributed by atoms with Crippen molar-refractivity contribution in [1.29, 1.82) is 0 Å². The summed E-state index contributed by atoms with van der Waals surface area (Å²) in [6, 6.07) is 6.78. The number of hydrogen-bond acceptors (Lipinski definition) is 3. The van der Waals surface area contributed by atoms with Crippen LogP contribution in [0.5, 0.6) is 0 Å². The normalized spacial score (nSPS) is 14.2. The van der Waals surface area contributed by atoms with E-state index in [1.54, 1.807) is 19.2 Å². The van der Waals surface area contributed by atoms with E-state index in [2.05, 4.69) is 4.36 Å². The van der Waals surface area contributed by atoms with Crippen molar-refractivity contribution in [3.05, 3.63) is 34.4 Å². The van der Waals surface area contributed by atoms with Crippen LogP contribution in [0.2, 0.25) is 0 Å². The molecule has 0 aliphatic carbocycles. The van der Waals surface area contributed by atoms with Crippen LogP contribution in [-0.4, -0.2) is 18.2 Å². The molecule has 0 amide bonds. The number of nitro benzene ring substituents is 1. The van der Waals surface area contributed by atoms with Gasteiger partial charge in [-0.05, 0) is 12.3 Å². The fraction of sp³-hybridized carbons (Fsp3) is 0.250. The van der Waals surface area contributed by atoms with E-state index in [-0.39, 0.29) is 10.6 Å². The first-order valence-corrected chi connectivity index (χ1v) is 5.78. The highest BCUT2D eigenvalue weighted by Gasteiger charge is 2.11. The van der Waals surface area contributed by atoms with E-state index in [1.165, 1.54) is 6.07 Å². The van der Waals surface area contributed by atoms with Crippen LogP contribution < -0.4 is 0 Å². The lowest BCUT2D eigenvalue weighted by molar-refractivity contribution is -0.387. The van der Waals surface area contributed by atoms with Crippen LogP contribution in [0.1, 0.15) is 0 Å². The number of nitro groups is 1. The molecule has 5 heteroatoms. The van der Waals surface area contributed by atoms with Crippen LogP contribution in [-0.2, 0) is 10.7 Å². The van der Waals surface area contributed by atoms with Crippen LogP contribution in [0.15, 0.2) is 33.5 Å². The third-order valence-corrected chi connectivity index (χ3v) is 3.70. The highest BCUT2D eigenvalue weighted by Crippen LogP contribution is 2.21. The maximum atomic E-state index is 10.6. The van der Waals surface area contributed by atoms with E-state index in [0.29, 0.717) is 0 Å². The zero-order valence-electron chi connectivity index (χ0n) is 7.52. The molecule has 0 heterocycles. The van der Waals surface area contributed by atoms with Crippen molar-refractivity contribution >= 4 is 16.4 Å². The molecule has 4 nitrogen and oxygen atoms in total. The van der Waals surface area contributed by atoms with Crippen molar-refractivity contribution in [3.63, 3.8) is 0 Å². The Morgan fingerprint density at radius 3 is 2.62 bits per heavy atom. The largest absolute Gasteiger partial charge is 0.287 e. The lowest BCUT2D eigenvalue weighted by atomic mass is 10.3. The van der Waals surface area contributed by atoms with Gasteiger partial charge in [-0.25, -0.2) is 0 Å². The number of hydrogen-bond donors (Lipinski definition) is 0. The molecule has 0 N–H and O–H groups in total. The molecular formula is C8H12N2O2S. The standard InChI is InChI=1S/C8H12N2O2S/c1-9-13(2)8-6-4-3-5-7(8)10(11)12/h3-6H,13H2,1-2H3. The molecule has 0 aromatic heterocycles. The van der Waals surface area contributed by atoms with Crippen molar-refractivity contribution in [1.82, 2.24) is 0 Å². The van der Waals surface area contributed by atoms with Gasteiger partial charge in [-0.2, -0.15) is 10.7 Å². The third kappa shape index (κ3) is 2.12. The number of nitrogens with zero attached hydrogens (tertiary/aromatic N) is 2. The van der Waals surface area contributed by atoms with Gasteiger partial charge in [-0.1, -0.05) is 12.1 Å². The smallest absolute Gasteiger partial charge is 0.281 e. The van der Waals surface area contributed by atoms with Crippen LogP contribution in [0.3, 0.4) is 0 Å². The second kappa shape index (κ2) is 4.13. The maximum Gasteiger partial charge on any atom is 0.281 e. The Bertz CT molecular complexity index is 363. The second-order valence-corrected chi connectivity index (χ2v) is 4.74. The van der Waals surface area contributed by atoms with Gasteiger partial charge < -0.3 is 0 Å². The fourth-order valence-electron chi connectivity index (χ4n) is 1.06. The third-order valence-electron chi connectivity index (χ3n) is 1.83. The molecule has 13 heavy (non-hydrogen) atoms. The average Bonchev–Trinajstić information content (AvgIpc) is 2.16. The first-order valence-electron chi connectivity index (χ1n) is 3.84. The van der Waals surface area contributed by atoms with Crippen molar-refractivity contribution in [2.24, 2.45) is 4.36 Å². The van der Waals surface area contributed by atoms with Gasteiger partial charge in [0.2, 0.25) is 0 Å². The molecule has 0 saturated carbocycles. The molecular weight excluding hydrogens is 188 g/mol. The predicted molar refractivity (Wildman–Crippen MR) is 55.8 cm³/mol. The van der Waals surface area contributed by atoms with Crippen LogP contribution in [0.25, 0.3) is 0 Å². The minimum atomic E-state index is -1.10. The Kier molecular flexibility index (Phi) is 3.13. The molecule has 0 atom stereocenters. The van der Waals surface area contributed by atoms with Crippen molar-refractivity contribution in [3.8, 4) is 0 Å². The van der Waals surface area contributed by atoms with Gasteiger partial charge in [-0.3, -0.25) is 14.5 Å². The molecule has 0 unspecified atom stereocenters. The van der Waals surface area contributed by atoms with Crippen molar-refractivity contribution in [2.75, 3.05) is 13.3 Å². The summed E-state index contributed by atoms with van der Waals surface area (Å²) in [7, 11) is 0.602. The Labute approximate surface area is 78.8 Å². The number of benzene rings is 1. The van der Waals surface area contributed by atoms with Gasteiger partial charge in [0.1, 0.15) is 0 Å². The van der Waals surface area contributed by atoms with Crippen LogP contribution in [0.4, 0.5) is 5.69 Å². The van der Waals surface area contributed by atoms with Gasteiger partial charge in [-0.15, -0.1) is 0 Å². The summed E-state index contributed by atoms with van der Waals surface area (Å²) in [6.45, 7) is 0. The van der Waals surface area contributed by atoms with Gasteiger partial charge in [0.15, 0.2) is 0 Å². The quantitative estimate of drug-likeness (QED) is 0.536. The van der Waals surface area contributed by atoms with Gasteiger partial charge in [0.05, 0.1) is 9.82 Å². The van der Waals surface area contributed by atoms with E-state index in [1.807, 2.05) is 12.3 Å². The molecule has 0 spiro atoms. The number of para-hydroxylation sites is 1. The second-order valence-electron chi connectivity index (χ2n) is 2.58. The summed E-state index contributed by atoms with van der Waals surface area (Å²) in [5.41, 5.74) is 0.185. The monoisotopic (exact) mass is 200 g/mol.